The lowest BCUT2D eigenvalue weighted by molar-refractivity contribution is 0.580. The molecule has 3 rings (SSSR count). The Morgan fingerprint density at radius 3 is 2.84 bits per heavy atom. The minimum Gasteiger partial charge on any atom is -0.264 e. The molecule has 19 heavy (non-hydrogen) atoms. The summed E-state index contributed by atoms with van der Waals surface area (Å²) in [7, 11) is -3.13. The van der Waals surface area contributed by atoms with Gasteiger partial charge in [-0.3, -0.25) is 4.98 Å². The third-order valence-corrected chi connectivity index (χ3v) is 5.67. The van der Waals surface area contributed by atoms with Gasteiger partial charge < -0.3 is 0 Å². The Morgan fingerprint density at radius 1 is 1.32 bits per heavy atom. The fourth-order valence-corrected chi connectivity index (χ4v) is 3.88. The van der Waals surface area contributed by atoms with Crippen molar-refractivity contribution in [1.29, 1.82) is 0 Å². The predicted molar refractivity (Wildman–Crippen MR) is 76.3 cm³/mol. The maximum Gasteiger partial charge on any atom is 0.214 e. The van der Waals surface area contributed by atoms with Crippen LogP contribution >= 0.6 is 11.3 Å². The van der Waals surface area contributed by atoms with Gasteiger partial charge >= 0.3 is 0 Å². The lowest BCUT2D eigenvalue weighted by atomic mass is 10.1. The molecule has 2 aromatic heterocycles. The van der Waals surface area contributed by atoms with Crippen molar-refractivity contribution < 1.29 is 8.42 Å². The molecule has 0 amide bonds. The molecule has 0 unspecified atom stereocenters. The highest BCUT2D eigenvalue weighted by molar-refractivity contribution is 7.90. The standard InChI is InChI=1S/C13H14N2O2S2/c16-19(17,13-1-2-13)15-7-10-5-12(8-14-6-10)11-3-4-18-9-11/h3-6,8-9,13,15H,1-2,7H2. The number of sulfonamides is 1. The number of nitrogens with one attached hydrogen (secondary N) is 1. The van der Waals surface area contributed by atoms with Crippen molar-refractivity contribution in [2.45, 2.75) is 24.6 Å². The lowest BCUT2D eigenvalue weighted by Crippen LogP contribution is -2.26. The van der Waals surface area contributed by atoms with Crippen molar-refractivity contribution in [3.8, 4) is 11.1 Å². The molecule has 0 atom stereocenters. The summed E-state index contributed by atoms with van der Waals surface area (Å²) in [5.74, 6) is 0. The number of rotatable bonds is 5. The molecule has 1 aliphatic carbocycles. The first kappa shape index (κ1) is 12.8. The van der Waals surface area contributed by atoms with E-state index >= 15 is 0 Å². The summed E-state index contributed by atoms with van der Waals surface area (Å²) in [5.41, 5.74) is 3.02. The monoisotopic (exact) mass is 294 g/mol. The van der Waals surface area contributed by atoms with E-state index in [2.05, 4.69) is 15.1 Å². The molecule has 1 fully saturated rings. The Morgan fingerprint density at radius 2 is 2.16 bits per heavy atom. The quantitative estimate of drug-likeness (QED) is 0.921. The van der Waals surface area contributed by atoms with Crippen LogP contribution in [0.1, 0.15) is 18.4 Å². The van der Waals surface area contributed by atoms with E-state index in [1.807, 2.05) is 17.5 Å². The Bertz CT molecular complexity index is 662. The van der Waals surface area contributed by atoms with Crippen LogP contribution in [-0.2, 0) is 16.6 Å². The van der Waals surface area contributed by atoms with Crippen LogP contribution < -0.4 is 4.72 Å². The summed E-state index contributed by atoms with van der Waals surface area (Å²) in [4.78, 5) is 4.17. The first-order chi connectivity index (χ1) is 9.15. The van der Waals surface area contributed by atoms with Gasteiger partial charge in [-0.25, -0.2) is 13.1 Å². The molecule has 6 heteroatoms. The smallest absolute Gasteiger partial charge is 0.214 e. The summed E-state index contributed by atoms with van der Waals surface area (Å²) in [6, 6.07) is 4.00. The minimum atomic E-state index is -3.13. The molecule has 1 aliphatic rings. The number of thiophene rings is 1. The minimum absolute atomic E-state index is 0.180. The molecule has 0 aromatic carbocycles. The summed E-state index contributed by atoms with van der Waals surface area (Å²) >= 11 is 1.63. The first-order valence-corrected chi connectivity index (χ1v) is 8.59. The van der Waals surface area contributed by atoms with Crippen LogP contribution in [0.25, 0.3) is 11.1 Å². The summed E-state index contributed by atoms with van der Waals surface area (Å²) in [5, 5.41) is 3.88. The molecule has 2 aromatic rings. The molecule has 1 N–H and O–H groups in total. The molecule has 0 bridgehead atoms. The van der Waals surface area contributed by atoms with E-state index in [9.17, 15) is 8.42 Å². The van der Waals surface area contributed by atoms with E-state index in [0.29, 0.717) is 6.54 Å². The average Bonchev–Trinajstić information content (AvgIpc) is 3.14. The predicted octanol–water partition coefficient (Wildman–Crippen LogP) is 2.39. The van der Waals surface area contributed by atoms with Crippen molar-refractivity contribution in [1.82, 2.24) is 9.71 Å². The zero-order chi connectivity index (χ0) is 13.3. The lowest BCUT2D eigenvalue weighted by Gasteiger charge is -2.06. The van der Waals surface area contributed by atoms with Crippen LogP contribution in [0.3, 0.4) is 0 Å². The van der Waals surface area contributed by atoms with Gasteiger partial charge in [0.1, 0.15) is 0 Å². The average molecular weight is 294 g/mol. The second-order valence-corrected chi connectivity index (χ2v) is 7.48. The van der Waals surface area contributed by atoms with Crippen molar-refractivity contribution in [2.75, 3.05) is 0 Å². The van der Waals surface area contributed by atoms with Crippen molar-refractivity contribution in [2.24, 2.45) is 0 Å². The third kappa shape index (κ3) is 3.02. The van der Waals surface area contributed by atoms with Crippen molar-refractivity contribution in [3.05, 3.63) is 40.8 Å². The van der Waals surface area contributed by atoms with Crippen LogP contribution in [0.4, 0.5) is 0 Å². The van der Waals surface area contributed by atoms with Gasteiger partial charge in [-0.15, -0.1) is 0 Å². The van der Waals surface area contributed by atoms with Crippen LogP contribution in [0, 0.1) is 0 Å². The second kappa shape index (κ2) is 5.03. The highest BCUT2D eigenvalue weighted by atomic mass is 32.2. The Hall–Kier alpha value is -1.24. The fourth-order valence-electron chi connectivity index (χ4n) is 1.85. The maximum absolute atomic E-state index is 11.7. The topological polar surface area (TPSA) is 59.1 Å². The summed E-state index contributed by atoms with van der Waals surface area (Å²) in [6.07, 6.45) is 5.05. The molecule has 0 saturated heterocycles. The number of hydrogen-bond acceptors (Lipinski definition) is 4. The van der Waals surface area contributed by atoms with Gasteiger partial charge in [0.25, 0.3) is 0 Å². The molecule has 0 aliphatic heterocycles. The van der Waals surface area contributed by atoms with E-state index in [1.54, 1.807) is 23.7 Å². The van der Waals surface area contributed by atoms with Gasteiger partial charge in [0, 0.05) is 24.5 Å². The number of pyridine rings is 1. The van der Waals surface area contributed by atoms with Gasteiger partial charge in [-0.2, -0.15) is 11.3 Å². The number of hydrogen-bond donors (Lipinski definition) is 1. The first-order valence-electron chi connectivity index (χ1n) is 6.10. The van der Waals surface area contributed by atoms with Crippen molar-refractivity contribution >= 4 is 21.4 Å². The zero-order valence-corrected chi connectivity index (χ0v) is 11.9. The molecule has 2 heterocycles. The molecule has 0 radical (unpaired) electrons. The van der Waals surface area contributed by atoms with E-state index in [-0.39, 0.29) is 5.25 Å². The summed E-state index contributed by atoms with van der Waals surface area (Å²) < 4.78 is 26.1. The number of nitrogens with zero attached hydrogens (tertiary/aromatic N) is 1. The fraction of sp³-hybridized carbons (Fsp3) is 0.308. The van der Waals surface area contributed by atoms with E-state index in [1.165, 1.54) is 0 Å². The molecular formula is C13H14N2O2S2. The molecule has 4 nitrogen and oxygen atoms in total. The van der Waals surface area contributed by atoms with Crippen LogP contribution in [-0.4, -0.2) is 18.7 Å². The van der Waals surface area contributed by atoms with Crippen molar-refractivity contribution in [3.63, 3.8) is 0 Å². The SMILES string of the molecule is O=S(=O)(NCc1cncc(-c2ccsc2)c1)C1CC1. The molecule has 100 valence electrons. The second-order valence-electron chi connectivity index (χ2n) is 4.66. The Kier molecular flexibility index (Phi) is 3.38. The third-order valence-electron chi connectivity index (χ3n) is 3.09. The molecule has 0 spiro atoms. The highest BCUT2D eigenvalue weighted by Gasteiger charge is 2.35. The van der Waals surface area contributed by atoms with Crippen LogP contribution in [0.15, 0.2) is 35.3 Å². The van der Waals surface area contributed by atoms with Gasteiger partial charge in [0.05, 0.1) is 5.25 Å². The maximum atomic E-state index is 11.7. The zero-order valence-electron chi connectivity index (χ0n) is 10.2. The van der Waals surface area contributed by atoms with Gasteiger partial charge in [-0.05, 0) is 46.9 Å². The Labute approximate surface area is 116 Å². The van der Waals surface area contributed by atoms with E-state index in [4.69, 9.17) is 0 Å². The van der Waals surface area contributed by atoms with E-state index < -0.39 is 10.0 Å². The normalized spacial score (nSPS) is 15.6. The summed E-state index contributed by atoms with van der Waals surface area (Å²) in [6.45, 7) is 0.309. The van der Waals surface area contributed by atoms with Gasteiger partial charge in [0.2, 0.25) is 10.0 Å². The highest BCUT2D eigenvalue weighted by Crippen LogP contribution is 2.27. The van der Waals surface area contributed by atoms with Crippen LogP contribution in [0.5, 0.6) is 0 Å². The van der Waals surface area contributed by atoms with Crippen LogP contribution in [0.2, 0.25) is 0 Å². The molecular weight excluding hydrogens is 280 g/mol. The molecule has 1 saturated carbocycles. The Balaban J connectivity index is 1.73. The van der Waals surface area contributed by atoms with E-state index in [0.717, 1.165) is 29.5 Å². The van der Waals surface area contributed by atoms with Gasteiger partial charge in [-0.1, -0.05) is 0 Å². The largest absolute Gasteiger partial charge is 0.264 e. The number of aromatic nitrogens is 1. The van der Waals surface area contributed by atoms with Gasteiger partial charge in [0.15, 0.2) is 0 Å².